The first-order valence-corrected chi connectivity index (χ1v) is 9.85. The third-order valence-corrected chi connectivity index (χ3v) is 5.53. The van der Waals surface area contributed by atoms with Gasteiger partial charge in [0.25, 0.3) is 5.91 Å². The molecule has 0 atom stereocenters. The highest BCUT2D eigenvalue weighted by atomic mass is 127. The van der Waals surface area contributed by atoms with Gasteiger partial charge in [0, 0.05) is 10.5 Å². The van der Waals surface area contributed by atoms with Crippen molar-refractivity contribution in [1.82, 2.24) is 4.98 Å². The summed E-state index contributed by atoms with van der Waals surface area (Å²) < 4.78 is 0.918. The van der Waals surface area contributed by atoms with E-state index in [1.165, 1.54) is 13.8 Å². The number of hydrogen-bond acceptors (Lipinski definition) is 6. The zero-order valence-corrected chi connectivity index (χ0v) is 18.4. The average Bonchev–Trinajstić information content (AvgIpc) is 2.86. The molecule has 0 fully saturated rings. The second kappa shape index (κ2) is 7.89. The highest BCUT2D eigenvalue weighted by molar-refractivity contribution is 14.1. The van der Waals surface area contributed by atoms with E-state index in [0.717, 1.165) is 20.5 Å². The van der Waals surface area contributed by atoms with Gasteiger partial charge in [-0.3, -0.25) is 25.0 Å². The summed E-state index contributed by atoms with van der Waals surface area (Å²) in [5.41, 5.74) is 1.46. The van der Waals surface area contributed by atoms with Gasteiger partial charge in [0.15, 0.2) is 5.13 Å². The number of carbonyl (C=O) groups is 2. The summed E-state index contributed by atoms with van der Waals surface area (Å²) in [4.78, 5) is 39.0. The van der Waals surface area contributed by atoms with Crippen LogP contribution in [0.3, 0.4) is 0 Å². The number of carbonyl (C=O) groups excluding carboxylic acids is 2. The first-order valence-electron chi connectivity index (χ1n) is 7.95. The van der Waals surface area contributed by atoms with Crippen molar-refractivity contribution >= 4 is 61.6 Å². The topological polar surface area (TPSA) is 114 Å². The van der Waals surface area contributed by atoms with Crippen LogP contribution in [0.15, 0.2) is 12.1 Å². The number of thiazole rings is 1. The summed E-state index contributed by atoms with van der Waals surface area (Å²) in [6.07, 6.45) is 0. The van der Waals surface area contributed by atoms with Crippen molar-refractivity contribution in [1.29, 1.82) is 0 Å². The molecule has 144 valence electrons. The second-order valence-corrected chi connectivity index (χ2v) is 9.04. The fourth-order valence-electron chi connectivity index (χ4n) is 2.58. The zero-order chi connectivity index (χ0) is 20.5. The summed E-state index contributed by atoms with van der Waals surface area (Å²) in [5, 5.41) is 16.3. The number of halogens is 1. The Labute approximate surface area is 174 Å². The van der Waals surface area contributed by atoms with Gasteiger partial charge in [-0.05, 0) is 64.0 Å². The Morgan fingerprint density at radius 1 is 1.26 bits per heavy atom. The predicted octanol–water partition coefficient (Wildman–Crippen LogP) is 4.47. The number of rotatable bonds is 4. The van der Waals surface area contributed by atoms with Gasteiger partial charge >= 0.3 is 5.00 Å². The van der Waals surface area contributed by atoms with Crippen LogP contribution < -0.4 is 10.6 Å². The molecule has 2 amide bonds. The maximum atomic E-state index is 12.8. The molecule has 0 unspecified atom stereocenters. The van der Waals surface area contributed by atoms with Crippen LogP contribution in [0.4, 0.5) is 15.8 Å². The highest BCUT2D eigenvalue weighted by Crippen LogP contribution is 2.37. The van der Waals surface area contributed by atoms with Gasteiger partial charge in [0.1, 0.15) is 5.69 Å². The van der Waals surface area contributed by atoms with E-state index in [-0.39, 0.29) is 32.7 Å². The standard InChI is InChI=1S/C17H19IN4O4S/c1-8-15(22(25)26)27-16(19-8)21-14(24)10-6-7-11(18)12(17(3,4)5)13(10)20-9(2)23/h6-7H,1-5H3,(H,20,23)(H,19,21,24). The monoisotopic (exact) mass is 502 g/mol. The van der Waals surface area contributed by atoms with Crippen molar-refractivity contribution in [2.45, 2.75) is 40.0 Å². The Hall–Kier alpha value is -2.08. The summed E-state index contributed by atoms with van der Waals surface area (Å²) in [6, 6.07) is 3.42. The molecule has 0 aliphatic heterocycles. The van der Waals surface area contributed by atoms with Crippen molar-refractivity contribution in [3.8, 4) is 0 Å². The number of anilines is 2. The lowest BCUT2D eigenvalue weighted by molar-refractivity contribution is -0.380. The van der Waals surface area contributed by atoms with Crippen molar-refractivity contribution in [3.63, 3.8) is 0 Å². The molecule has 27 heavy (non-hydrogen) atoms. The van der Waals surface area contributed by atoms with Crippen molar-refractivity contribution in [2.24, 2.45) is 0 Å². The SMILES string of the molecule is CC(=O)Nc1c(C(=O)Nc2nc(C)c([N+](=O)[O-])s2)ccc(I)c1C(C)(C)C. The second-order valence-electron chi connectivity index (χ2n) is 6.90. The van der Waals surface area contributed by atoms with Crippen LogP contribution in [0.2, 0.25) is 0 Å². The Morgan fingerprint density at radius 2 is 1.89 bits per heavy atom. The maximum Gasteiger partial charge on any atom is 0.348 e. The van der Waals surface area contributed by atoms with E-state index in [4.69, 9.17) is 0 Å². The molecule has 2 rings (SSSR count). The molecule has 0 saturated carbocycles. The molecule has 10 heteroatoms. The summed E-state index contributed by atoms with van der Waals surface area (Å²) in [5.74, 6) is -0.790. The smallest absolute Gasteiger partial charge is 0.325 e. The van der Waals surface area contributed by atoms with Gasteiger partial charge in [-0.2, -0.15) is 0 Å². The third kappa shape index (κ3) is 4.80. The minimum Gasteiger partial charge on any atom is -0.325 e. The number of aromatic nitrogens is 1. The Balaban J connectivity index is 2.50. The molecule has 1 heterocycles. The fourth-order valence-corrected chi connectivity index (χ4v) is 4.62. The van der Waals surface area contributed by atoms with E-state index in [9.17, 15) is 19.7 Å². The van der Waals surface area contributed by atoms with Gasteiger partial charge in [-0.1, -0.05) is 20.8 Å². The third-order valence-electron chi connectivity index (χ3n) is 3.61. The highest BCUT2D eigenvalue weighted by Gasteiger charge is 2.27. The van der Waals surface area contributed by atoms with Gasteiger partial charge in [-0.25, -0.2) is 4.98 Å². The number of nitrogens with zero attached hydrogens (tertiary/aromatic N) is 2. The molecule has 0 bridgehead atoms. The van der Waals surface area contributed by atoms with Gasteiger partial charge in [0.05, 0.1) is 16.2 Å². The number of aryl methyl sites for hydroxylation is 1. The molecule has 0 radical (unpaired) electrons. The fraction of sp³-hybridized carbons (Fsp3) is 0.353. The van der Waals surface area contributed by atoms with E-state index in [1.54, 1.807) is 12.1 Å². The Kier molecular flexibility index (Phi) is 6.20. The molecule has 0 aliphatic carbocycles. The first-order chi connectivity index (χ1) is 12.4. The quantitative estimate of drug-likeness (QED) is 0.364. The normalized spacial score (nSPS) is 11.2. The van der Waals surface area contributed by atoms with Gasteiger partial charge < -0.3 is 5.32 Å². The molecular weight excluding hydrogens is 483 g/mol. The van der Waals surface area contributed by atoms with E-state index in [2.05, 4.69) is 38.2 Å². The van der Waals surface area contributed by atoms with Gasteiger partial charge in [0.2, 0.25) is 5.91 Å². The summed E-state index contributed by atoms with van der Waals surface area (Å²) in [7, 11) is 0. The van der Waals surface area contributed by atoms with Crippen LogP contribution in [0.25, 0.3) is 0 Å². The molecule has 1 aromatic carbocycles. The largest absolute Gasteiger partial charge is 0.348 e. The Morgan fingerprint density at radius 3 is 2.37 bits per heavy atom. The van der Waals surface area contributed by atoms with Crippen LogP contribution >= 0.6 is 33.9 Å². The van der Waals surface area contributed by atoms with Crippen molar-refractivity contribution in [2.75, 3.05) is 10.6 Å². The van der Waals surface area contributed by atoms with E-state index < -0.39 is 10.8 Å². The molecular formula is C17H19IN4O4S. The van der Waals surface area contributed by atoms with Crippen LogP contribution in [-0.4, -0.2) is 21.7 Å². The van der Waals surface area contributed by atoms with Crippen molar-refractivity contribution in [3.05, 3.63) is 42.6 Å². The summed E-state index contributed by atoms with van der Waals surface area (Å²) >= 11 is 2.96. The van der Waals surface area contributed by atoms with Crippen LogP contribution in [0.5, 0.6) is 0 Å². The number of nitro groups is 1. The minimum atomic E-state index is -0.534. The van der Waals surface area contributed by atoms with Gasteiger partial charge in [-0.15, -0.1) is 0 Å². The maximum absolute atomic E-state index is 12.8. The first kappa shape index (κ1) is 21.2. The lowest BCUT2D eigenvalue weighted by atomic mass is 9.84. The molecule has 2 aromatic rings. The predicted molar refractivity (Wildman–Crippen MR) is 114 cm³/mol. The molecule has 1 aromatic heterocycles. The van der Waals surface area contributed by atoms with E-state index >= 15 is 0 Å². The van der Waals surface area contributed by atoms with Crippen LogP contribution in [-0.2, 0) is 10.2 Å². The molecule has 8 nitrogen and oxygen atoms in total. The molecule has 2 N–H and O–H groups in total. The van der Waals surface area contributed by atoms with E-state index in [0.29, 0.717) is 5.69 Å². The number of hydrogen-bond donors (Lipinski definition) is 2. The van der Waals surface area contributed by atoms with Crippen molar-refractivity contribution < 1.29 is 14.5 Å². The molecule has 0 aliphatic rings. The zero-order valence-electron chi connectivity index (χ0n) is 15.5. The summed E-state index contributed by atoms with van der Waals surface area (Å²) in [6.45, 7) is 8.86. The number of benzene rings is 1. The Bertz CT molecular complexity index is 934. The van der Waals surface area contributed by atoms with E-state index in [1.807, 2.05) is 20.8 Å². The molecule has 0 saturated heterocycles. The van der Waals surface area contributed by atoms with Crippen LogP contribution in [0, 0.1) is 20.6 Å². The lowest BCUT2D eigenvalue weighted by Gasteiger charge is -2.26. The molecule has 0 spiro atoms. The average molecular weight is 502 g/mol. The number of amides is 2. The van der Waals surface area contributed by atoms with Crippen LogP contribution in [0.1, 0.15) is 49.3 Å². The lowest BCUT2D eigenvalue weighted by Crippen LogP contribution is -2.23. The minimum absolute atomic E-state index is 0.120. The number of nitrogens with one attached hydrogen (secondary N) is 2.